The first-order valence-electron chi connectivity index (χ1n) is 28.5. The molecule has 3 atom stereocenters. The van der Waals surface area contributed by atoms with Crippen molar-refractivity contribution in [1.29, 1.82) is 0 Å². The third-order valence-electron chi connectivity index (χ3n) is 16.0. The van der Waals surface area contributed by atoms with Gasteiger partial charge in [-0.1, -0.05) is 91.0 Å². The summed E-state index contributed by atoms with van der Waals surface area (Å²) in [5.74, 6) is -0.448. The van der Waals surface area contributed by atoms with E-state index >= 15 is 0 Å². The number of nitrogens with zero attached hydrogens (tertiary/aromatic N) is 15. The van der Waals surface area contributed by atoms with Gasteiger partial charge in [-0.05, 0) is 55.2 Å². The summed E-state index contributed by atoms with van der Waals surface area (Å²) in [6.07, 6.45) is 20.3. The molecule has 6 aliphatic heterocycles. The van der Waals surface area contributed by atoms with Crippen LogP contribution < -0.4 is 20.4 Å². The number of aromatic carboxylic acids is 1. The lowest BCUT2D eigenvalue weighted by Crippen LogP contribution is -2.41. The number of aromatic nitrogens is 6. The highest BCUT2D eigenvalue weighted by atomic mass is 16.5. The van der Waals surface area contributed by atoms with E-state index in [1.807, 2.05) is 124 Å². The number of methoxy groups -OCH3 is 1. The molecule has 24 nitrogen and oxygen atoms in total. The Kier molecular flexibility index (Phi) is 18.9. The number of amides is 4. The minimum atomic E-state index is -1.05. The van der Waals surface area contributed by atoms with Crippen LogP contribution >= 0.6 is 0 Å². The fourth-order valence-corrected chi connectivity index (χ4v) is 11.2. The highest BCUT2D eigenvalue weighted by Gasteiger charge is 2.38. The molecular weight excluding hydrogens is 1080 g/mol. The number of benzene rings is 3. The molecule has 0 saturated carbocycles. The molecule has 6 aliphatic rings. The van der Waals surface area contributed by atoms with Crippen LogP contribution in [0.3, 0.4) is 0 Å². The highest BCUT2D eigenvalue weighted by Crippen LogP contribution is 2.35. The zero-order chi connectivity index (χ0) is 59.2. The second-order valence-corrected chi connectivity index (χ2v) is 21.2. The van der Waals surface area contributed by atoms with Crippen LogP contribution in [0, 0.1) is 17.8 Å². The number of nitrogens with two attached hydrogens (primary N) is 1. The molecule has 24 heteroatoms. The van der Waals surface area contributed by atoms with E-state index in [-0.39, 0.29) is 64.7 Å². The van der Waals surface area contributed by atoms with Gasteiger partial charge >= 0.3 is 11.9 Å². The molecule has 4 amide bonds. The van der Waals surface area contributed by atoms with Crippen molar-refractivity contribution in [1.82, 2.24) is 44.9 Å². The Morgan fingerprint density at radius 2 is 0.718 bits per heavy atom. The molecule has 85 heavy (non-hydrogen) atoms. The van der Waals surface area contributed by atoms with Gasteiger partial charge in [0.25, 0.3) is 5.91 Å². The van der Waals surface area contributed by atoms with Crippen molar-refractivity contribution in [2.24, 2.45) is 38.8 Å². The third-order valence-corrected chi connectivity index (χ3v) is 16.0. The van der Waals surface area contributed by atoms with Gasteiger partial charge in [0.1, 0.15) is 0 Å². The highest BCUT2D eigenvalue weighted by molar-refractivity contribution is 5.92. The average molecular weight is 1150 g/mol. The smallest absolute Gasteiger partial charge is 0.341 e. The Labute approximate surface area is 491 Å². The molecule has 3 fully saturated rings. The van der Waals surface area contributed by atoms with Crippen LogP contribution in [-0.4, -0.2) is 151 Å². The van der Waals surface area contributed by atoms with Crippen molar-refractivity contribution in [2.45, 2.75) is 75.9 Å². The Balaban J connectivity index is 0.000000142. The summed E-state index contributed by atoms with van der Waals surface area (Å²) in [5, 5.41) is 26.9. The number of ether oxygens (including phenoxy) is 1. The summed E-state index contributed by atoms with van der Waals surface area (Å²) >= 11 is 0. The average Bonchev–Trinajstić information content (AvgIpc) is 4.58. The number of hydrogen-bond acceptors (Lipinski definition) is 19. The monoisotopic (exact) mass is 1150 g/mol. The molecule has 3 N–H and O–H groups in total. The van der Waals surface area contributed by atoms with E-state index in [2.05, 4.69) is 49.9 Å². The number of carbonyl (C=O) groups excluding carboxylic acids is 5. The van der Waals surface area contributed by atoms with Crippen LogP contribution in [0.1, 0.15) is 124 Å². The van der Waals surface area contributed by atoms with E-state index in [1.54, 1.807) is 15.0 Å². The maximum absolute atomic E-state index is 13.1. The normalized spacial score (nSPS) is 19.7. The van der Waals surface area contributed by atoms with E-state index in [0.29, 0.717) is 101 Å². The van der Waals surface area contributed by atoms with Crippen molar-refractivity contribution < 1.29 is 38.6 Å². The van der Waals surface area contributed by atoms with Gasteiger partial charge in [-0.2, -0.15) is 15.3 Å². The number of rotatable bonds is 12. The lowest BCUT2D eigenvalue weighted by molar-refractivity contribution is -0.138. The fourth-order valence-electron chi connectivity index (χ4n) is 11.2. The molecule has 9 heterocycles. The SMILES string of the molecule is COC(=O)c1cnc(N2CCC(C(=O)N3N=CC[C@H]3c3ccccc3)CC2)nc1.NC(=O)c1cnc(N2CCC(C(=O)N3N=CC[C@H]3c3ccccc3)CC2)nc1.O=C(O)c1cnc(N2CCC(C(=O)N3N=CC[C@H]3c3ccccc3)CC2)nc1. The van der Waals surface area contributed by atoms with Crippen LogP contribution in [0.15, 0.2) is 143 Å². The van der Waals surface area contributed by atoms with Crippen LogP contribution in [0.25, 0.3) is 0 Å². The molecular formula is C61H66N16O8. The molecule has 3 aromatic heterocycles. The van der Waals surface area contributed by atoms with Crippen molar-refractivity contribution in [3.05, 3.63) is 162 Å². The molecule has 12 rings (SSSR count). The topological polar surface area (TPSA) is 292 Å². The number of esters is 1. The minimum Gasteiger partial charge on any atom is -0.478 e. The van der Waals surface area contributed by atoms with Crippen LogP contribution in [-0.2, 0) is 19.1 Å². The van der Waals surface area contributed by atoms with Gasteiger partial charge in [-0.25, -0.2) is 54.5 Å². The molecule has 0 aliphatic carbocycles. The second kappa shape index (κ2) is 27.5. The first-order chi connectivity index (χ1) is 41.4. The summed E-state index contributed by atoms with van der Waals surface area (Å²) < 4.78 is 4.67. The van der Waals surface area contributed by atoms with Gasteiger partial charge in [0, 0.05) is 132 Å². The molecule has 6 aromatic rings. The molecule has 3 saturated heterocycles. The molecule has 0 bridgehead atoms. The number of primary amides is 1. The molecule has 0 radical (unpaired) electrons. The number of piperidine rings is 3. The zero-order valence-electron chi connectivity index (χ0n) is 47.0. The first kappa shape index (κ1) is 58.3. The number of carboxylic acid groups (broad SMARTS) is 1. The van der Waals surface area contributed by atoms with E-state index < -0.39 is 17.8 Å². The number of carboxylic acids is 1. The van der Waals surface area contributed by atoms with Crippen LogP contribution in [0.5, 0.6) is 0 Å². The van der Waals surface area contributed by atoms with Crippen molar-refractivity contribution >= 4 is 72.1 Å². The maximum atomic E-state index is 13.1. The number of hydrogen-bond donors (Lipinski definition) is 2. The molecule has 3 aromatic carbocycles. The summed E-state index contributed by atoms with van der Waals surface area (Å²) in [6.45, 7) is 4.02. The Morgan fingerprint density at radius 3 is 0.988 bits per heavy atom. The molecule has 0 spiro atoms. The lowest BCUT2D eigenvalue weighted by Gasteiger charge is -2.33. The zero-order valence-corrected chi connectivity index (χ0v) is 47.0. The second-order valence-electron chi connectivity index (χ2n) is 21.2. The number of hydrazone groups is 3. The largest absolute Gasteiger partial charge is 0.478 e. The third kappa shape index (κ3) is 14.0. The van der Waals surface area contributed by atoms with E-state index in [9.17, 15) is 28.8 Å². The summed E-state index contributed by atoms with van der Waals surface area (Å²) in [7, 11) is 1.32. The number of carbonyl (C=O) groups is 6. The maximum Gasteiger partial charge on any atom is 0.341 e. The fraction of sp³-hybridized carbons (Fsp3) is 0.361. The van der Waals surface area contributed by atoms with Gasteiger partial charge in [-0.3, -0.25) is 19.2 Å². The summed E-state index contributed by atoms with van der Waals surface area (Å²) in [4.78, 5) is 104. The van der Waals surface area contributed by atoms with Gasteiger partial charge in [0.15, 0.2) is 0 Å². The van der Waals surface area contributed by atoms with E-state index in [0.717, 1.165) is 36.0 Å². The van der Waals surface area contributed by atoms with Gasteiger partial charge in [-0.15, -0.1) is 0 Å². The Bertz CT molecular complexity index is 3210. The van der Waals surface area contributed by atoms with E-state index in [1.165, 1.54) is 44.3 Å². The van der Waals surface area contributed by atoms with Crippen molar-refractivity contribution in [3.8, 4) is 0 Å². The summed E-state index contributed by atoms with van der Waals surface area (Å²) in [5.41, 5.74) is 9.19. The molecule has 0 unspecified atom stereocenters. The molecule has 438 valence electrons. The van der Waals surface area contributed by atoms with Gasteiger partial charge in [0.2, 0.25) is 35.6 Å². The van der Waals surface area contributed by atoms with E-state index in [4.69, 9.17) is 10.8 Å². The minimum absolute atomic E-state index is 0.0172. The quantitative estimate of drug-likeness (QED) is 0.123. The predicted octanol–water partition coefficient (Wildman–Crippen LogP) is 6.54. The first-order valence-corrected chi connectivity index (χ1v) is 28.5. The van der Waals surface area contributed by atoms with Crippen LogP contribution in [0.2, 0.25) is 0 Å². The van der Waals surface area contributed by atoms with Crippen molar-refractivity contribution in [3.63, 3.8) is 0 Å². The van der Waals surface area contributed by atoms with Gasteiger partial charge < -0.3 is 30.3 Å². The van der Waals surface area contributed by atoms with Crippen molar-refractivity contribution in [2.75, 3.05) is 61.1 Å². The standard InChI is InChI=1S/C21H23N5O3.C20H22N6O2.C20H21N5O3/c1-29-20(28)17-13-22-21(23-14-17)25-11-8-16(9-12-25)19(27)26-18(7-10-24-26)15-5-3-2-4-6-15;21-18(27)16-12-22-20(23-13-16)25-10-7-15(8-11-25)19(28)26-17(6-9-24-26)14-4-2-1-3-5-14;26-18(25-17(6-9-23-25)14-4-2-1-3-5-14)15-7-10-24(11-8-15)20-21-12-16(13-22-20)19(27)28/h2-6,10,13-14,16,18H,7-9,11-12H2,1H3;1-5,9,12-13,15,17H,6-8,10-11H2,(H2,21,27);1-5,9,12-13,15,17H,6-8,10-11H2,(H,27,28)/t18-;2*17-/m000/s1. The Morgan fingerprint density at radius 1 is 0.435 bits per heavy atom. The number of anilines is 3. The van der Waals surface area contributed by atoms with Crippen LogP contribution in [0.4, 0.5) is 17.8 Å². The van der Waals surface area contributed by atoms with Gasteiger partial charge in [0.05, 0.1) is 41.9 Å². The lowest BCUT2D eigenvalue weighted by atomic mass is 9.94. The Hall–Kier alpha value is -9.87. The summed E-state index contributed by atoms with van der Waals surface area (Å²) in [6, 6.07) is 29.9. The predicted molar refractivity (Wildman–Crippen MR) is 315 cm³/mol.